The smallest absolute Gasteiger partial charge is 0.327 e. The quantitative estimate of drug-likeness (QED) is 0.238. The Morgan fingerprint density at radius 1 is 0.980 bits per heavy atom. The van der Waals surface area contributed by atoms with Crippen LogP contribution in [0.4, 0.5) is 13.2 Å². The van der Waals surface area contributed by atoms with Crippen LogP contribution >= 0.6 is 0 Å². The Hall–Kier alpha value is -4.88. The SMILES string of the molecule is CC(=O)c1nn2c3c(nc(-c4cnc(C)nc4)cc13)CCCCCC(=O)CC[C@@]13C[C@@H](C(=O)Cc4nc(C(F)(F)F)ccc4C)N(C(=O)C2)[C@@H]1C3. The second-order valence-corrected chi connectivity index (χ2v) is 14.2. The fourth-order valence-corrected chi connectivity index (χ4v) is 7.84. The molecule has 3 aliphatic rings. The van der Waals surface area contributed by atoms with E-state index in [0.29, 0.717) is 84.2 Å². The van der Waals surface area contributed by atoms with Gasteiger partial charge in [-0.3, -0.25) is 28.8 Å². The third kappa shape index (κ3) is 6.67. The minimum absolute atomic E-state index is 0.0140. The lowest BCUT2D eigenvalue weighted by molar-refractivity contribution is -0.141. The van der Waals surface area contributed by atoms with Gasteiger partial charge in [-0.15, -0.1) is 0 Å². The van der Waals surface area contributed by atoms with Gasteiger partial charge in [0.15, 0.2) is 11.6 Å². The molecule has 1 saturated heterocycles. The standard InChI is InChI=1S/C37H38F3N7O4/c1-20-9-10-31(37(38,39)40)44-27(20)14-30(50)29-15-36-12-11-24(49)7-5-4-6-8-26-35-25(13-28(43-26)23-17-41-22(3)42-18-23)34(21(2)48)45-46(35)19-33(51)47(29)32(36)16-36/h9-10,13,17-18,29,32H,4-8,11-12,14-16,19H2,1-3H3/t29-,32+,36-/m0/s1. The highest BCUT2D eigenvalue weighted by Gasteiger charge is 2.66. The van der Waals surface area contributed by atoms with E-state index < -0.39 is 35.0 Å². The van der Waals surface area contributed by atoms with Crippen LogP contribution in [0.3, 0.4) is 0 Å². The first kappa shape index (κ1) is 34.6. The molecule has 0 radical (unpaired) electrons. The highest BCUT2D eigenvalue weighted by molar-refractivity contribution is 6.06. The molecule has 0 aromatic carbocycles. The number of Topliss-reactive ketones (excluding diaryl/α,β-unsaturated/α-hetero) is 3. The van der Waals surface area contributed by atoms with Crippen molar-refractivity contribution < 1.29 is 32.3 Å². The maximum Gasteiger partial charge on any atom is 0.433 e. The minimum atomic E-state index is -4.67. The largest absolute Gasteiger partial charge is 0.433 e. The summed E-state index contributed by atoms with van der Waals surface area (Å²) in [4.78, 5) is 73.2. The molecule has 1 aliphatic carbocycles. The van der Waals surface area contributed by atoms with Crippen molar-refractivity contribution >= 4 is 34.2 Å². The van der Waals surface area contributed by atoms with E-state index in [-0.39, 0.29) is 42.0 Å². The molecule has 4 aromatic rings. The number of halogens is 3. The zero-order chi connectivity index (χ0) is 36.2. The van der Waals surface area contributed by atoms with Gasteiger partial charge in [-0.25, -0.2) is 15.0 Å². The first-order valence-electron chi connectivity index (χ1n) is 17.3. The molecule has 0 N–H and O–H groups in total. The summed E-state index contributed by atoms with van der Waals surface area (Å²) in [7, 11) is 0. The van der Waals surface area contributed by atoms with E-state index in [9.17, 15) is 32.3 Å². The molecule has 7 rings (SSSR count). The first-order valence-corrected chi connectivity index (χ1v) is 17.3. The Kier molecular flexibility index (Phi) is 8.83. The lowest BCUT2D eigenvalue weighted by Crippen LogP contribution is -2.45. The van der Waals surface area contributed by atoms with Gasteiger partial charge in [0.2, 0.25) is 5.91 Å². The van der Waals surface area contributed by atoms with E-state index in [4.69, 9.17) is 4.98 Å². The average molecular weight is 702 g/mol. The van der Waals surface area contributed by atoms with Crippen LogP contribution in [-0.2, 0) is 39.9 Å². The van der Waals surface area contributed by atoms with Gasteiger partial charge < -0.3 is 4.90 Å². The fourth-order valence-electron chi connectivity index (χ4n) is 7.84. The molecular weight excluding hydrogens is 663 g/mol. The third-order valence-corrected chi connectivity index (χ3v) is 10.7. The monoisotopic (exact) mass is 701 g/mol. The molecule has 4 aromatic heterocycles. The molecule has 0 unspecified atom stereocenters. The molecule has 266 valence electrons. The Bertz CT molecular complexity index is 2080. The van der Waals surface area contributed by atoms with E-state index in [1.54, 1.807) is 37.2 Å². The lowest BCUT2D eigenvalue weighted by atomic mass is 9.90. The van der Waals surface area contributed by atoms with Crippen LogP contribution in [0.1, 0.15) is 97.2 Å². The average Bonchev–Trinajstić information content (AvgIpc) is 3.49. The summed E-state index contributed by atoms with van der Waals surface area (Å²) in [5, 5.41) is 5.17. The molecule has 3 atom stereocenters. The topological polar surface area (TPSA) is 141 Å². The Labute approximate surface area is 292 Å². The van der Waals surface area contributed by atoms with Gasteiger partial charge in [0.05, 0.1) is 35.1 Å². The summed E-state index contributed by atoms with van der Waals surface area (Å²) in [6, 6.07) is 2.74. The molecule has 2 bridgehead atoms. The van der Waals surface area contributed by atoms with E-state index in [1.165, 1.54) is 17.7 Å². The van der Waals surface area contributed by atoms with Crippen molar-refractivity contribution in [2.24, 2.45) is 5.41 Å². The predicted molar refractivity (Wildman–Crippen MR) is 178 cm³/mol. The number of carbonyl (C=O) groups is 4. The number of rotatable bonds is 5. The second kappa shape index (κ2) is 13.0. The van der Waals surface area contributed by atoms with Crippen LogP contribution in [0, 0.1) is 19.3 Å². The van der Waals surface area contributed by atoms with Crippen LogP contribution in [-0.4, -0.2) is 70.0 Å². The Morgan fingerprint density at radius 3 is 2.45 bits per heavy atom. The Balaban J connectivity index is 1.28. The zero-order valence-corrected chi connectivity index (χ0v) is 28.7. The van der Waals surface area contributed by atoms with Gasteiger partial charge in [-0.2, -0.15) is 18.3 Å². The van der Waals surface area contributed by atoms with Crippen LogP contribution < -0.4 is 0 Å². The summed E-state index contributed by atoms with van der Waals surface area (Å²) < 4.78 is 42.0. The van der Waals surface area contributed by atoms with Crippen molar-refractivity contribution in [1.29, 1.82) is 0 Å². The second-order valence-electron chi connectivity index (χ2n) is 14.2. The summed E-state index contributed by atoms with van der Waals surface area (Å²) in [5.41, 5.74) is 1.52. The van der Waals surface area contributed by atoms with E-state index in [0.717, 1.165) is 18.9 Å². The molecule has 6 heterocycles. The number of ketones is 3. The molecule has 2 fully saturated rings. The van der Waals surface area contributed by atoms with Crippen LogP contribution in [0.25, 0.3) is 22.2 Å². The number of hydrogen-bond donors (Lipinski definition) is 0. The number of carbonyl (C=O) groups excluding carboxylic acids is 4. The zero-order valence-electron chi connectivity index (χ0n) is 28.7. The summed E-state index contributed by atoms with van der Waals surface area (Å²) >= 11 is 0. The van der Waals surface area contributed by atoms with Crippen molar-refractivity contribution in [3.05, 3.63) is 64.8 Å². The van der Waals surface area contributed by atoms with Gasteiger partial charge in [-0.1, -0.05) is 12.5 Å². The van der Waals surface area contributed by atoms with Crippen molar-refractivity contribution in [3.63, 3.8) is 0 Å². The number of aromatic nitrogens is 6. The lowest BCUT2D eigenvalue weighted by Gasteiger charge is -2.27. The van der Waals surface area contributed by atoms with Crippen molar-refractivity contribution in [3.8, 4) is 11.3 Å². The molecule has 51 heavy (non-hydrogen) atoms. The normalized spacial score (nSPS) is 22.7. The molecule has 1 saturated carbocycles. The predicted octanol–water partition coefficient (Wildman–Crippen LogP) is 5.76. The molecule has 1 amide bonds. The van der Waals surface area contributed by atoms with E-state index in [1.807, 2.05) is 0 Å². The minimum Gasteiger partial charge on any atom is -0.327 e. The number of piperidine rings is 1. The van der Waals surface area contributed by atoms with Crippen LogP contribution in [0.2, 0.25) is 0 Å². The highest BCUT2D eigenvalue weighted by Crippen LogP contribution is 2.62. The molecule has 14 heteroatoms. The van der Waals surface area contributed by atoms with E-state index in [2.05, 4.69) is 20.1 Å². The van der Waals surface area contributed by atoms with E-state index >= 15 is 0 Å². The maximum absolute atomic E-state index is 14.4. The number of aryl methyl sites for hydroxylation is 3. The number of nitrogens with zero attached hydrogens (tertiary/aromatic N) is 7. The van der Waals surface area contributed by atoms with Crippen molar-refractivity contribution in [1.82, 2.24) is 34.6 Å². The van der Waals surface area contributed by atoms with Gasteiger partial charge in [0.25, 0.3) is 0 Å². The number of pyridine rings is 2. The summed E-state index contributed by atoms with van der Waals surface area (Å²) in [6.45, 7) is 4.51. The first-order chi connectivity index (χ1) is 24.2. The number of alkyl halides is 3. The molecule has 0 spiro atoms. The number of amides is 1. The molecule has 2 aliphatic heterocycles. The van der Waals surface area contributed by atoms with Crippen molar-refractivity contribution in [2.45, 2.75) is 110 Å². The van der Waals surface area contributed by atoms with Crippen molar-refractivity contribution in [2.75, 3.05) is 0 Å². The van der Waals surface area contributed by atoms with Crippen LogP contribution in [0.5, 0.6) is 0 Å². The molecule has 11 nitrogen and oxygen atoms in total. The summed E-state index contributed by atoms with van der Waals surface area (Å²) in [5.74, 6) is -0.372. The Morgan fingerprint density at radius 2 is 1.73 bits per heavy atom. The van der Waals surface area contributed by atoms with Gasteiger partial charge in [0, 0.05) is 49.2 Å². The van der Waals surface area contributed by atoms with Gasteiger partial charge in [-0.05, 0) is 75.5 Å². The highest BCUT2D eigenvalue weighted by atomic mass is 19.4. The summed E-state index contributed by atoms with van der Waals surface area (Å²) in [6.07, 6.45) is 3.22. The van der Waals surface area contributed by atoms with Gasteiger partial charge in [0.1, 0.15) is 29.5 Å². The fraction of sp³-hybridized carbons (Fsp3) is 0.486. The number of hydrogen-bond acceptors (Lipinski definition) is 9. The molecular formula is C37H38F3N7O4. The van der Waals surface area contributed by atoms with Gasteiger partial charge >= 0.3 is 6.18 Å². The van der Waals surface area contributed by atoms with Crippen LogP contribution in [0.15, 0.2) is 30.6 Å². The maximum atomic E-state index is 14.4. The third-order valence-electron chi connectivity index (χ3n) is 10.7.